The third kappa shape index (κ3) is 2.72. The van der Waals surface area contributed by atoms with E-state index in [1.807, 2.05) is 0 Å². The lowest BCUT2D eigenvalue weighted by atomic mass is 9.90. The lowest BCUT2D eigenvalue weighted by Gasteiger charge is -2.16. The van der Waals surface area contributed by atoms with Crippen molar-refractivity contribution in [1.82, 2.24) is 0 Å². The van der Waals surface area contributed by atoms with E-state index in [2.05, 4.69) is 13.3 Å². The van der Waals surface area contributed by atoms with E-state index < -0.39 is 0 Å². The van der Waals surface area contributed by atoms with Crippen LogP contribution in [-0.2, 0) is 0 Å². The van der Waals surface area contributed by atoms with Gasteiger partial charge in [-0.2, -0.15) is 0 Å². The fourth-order valence-electron chi connectivity index (χ4n) is 1.75. The quantitative estimate of drug-likeness (QED) is 0.521. The molecule has 59 valence electrons. The molecular weight excluding hydrogens is 120 g/mol. The molecule has 0 amide bonds. The Kier molecular flexibility index (Phi) is 3.86. The van der Waals surface area contributed by atoms with Crippen LogP contribution in [0.1, 0.15) is 51.9 Å². The van der Waals surface area contributed by atoms with Crippen LogP contribution in [0.4, 0.5) is 0 Å². The molecule has 1 aliphatic rings. The maximum Gasteiger partial charge on any atom is -0.0355 e. The first-order chi connectivity index (χ1) is 4.93. The average molecular weight is 139 g/mol. The predicted molar refractivity (Wildman–Crippen MR) is 45.8 cm³/mol. The Bertz CT molecular complexity index is 68.1. The van der Waals surface area contributed by atoms with Gasteiger partial charge in [0.1, 0.15) is 0 Å². The summed E-state index contributed by atoms with van der Waals surface area (Å²) in [6.45, 7) is 2.31. The van der Waals surface area contributed by atoms with Gasteiger partial charge in [0.25, 0.3) is 0 Å². The highest BCUT2D eigenvalue weighted by Crippen LogP contribution is 2.23. The van der Waals surface area contributed by atoms with Crippen molar-refractivity contribution in [2.75, 3.05) is 0 Å². The Morgan fingerprint density at radius 3 is 2.80 bits per heavy atom. The van der Waals surface area contributed by atoms with Crippen LogP contribution in [0.5, 0.6) is 0 Å². The molecule has 0 nitrogen and oxygen atoms in total. The molecule has 0 aromatic heterocycles. The molecule has 0 heteroatoms. The largest absolute Gasteiger partial charge is 0.0651 e. The van der Waals surface area contributed by atoms with Crippen LogP contribution in [0.15, 0.2) is 0 Å². The Morgan fingerprint density at radius 2 is 2.00 bits per heavy atom. The Labute approximate surface area is 65.0 Å². The first-order valence-corrected chi connectivity index (χ1v) is 4.77. The second-order valence-corrected chi connectivity index (χ2v) is 3.40. The highest BCUT2D eigenvalue weighted by Gasteiger charge is 2.08. The molecule has 1 aliphatic carbocycles. The summed E-state index contributed by atoms with van der Waals surface area (Å²) in [5.74, 6) is 0.945. The second-order valence-electron chi connectivity index (χ2n) is 3.40. The predicted octanol–water partition coefficient (Wildman–Crippen LogP) is 3.57. The van der Waals surface area contributed by atoms with Gasteiger partial charge in [-0.05, 0) is 18.8 Å². The first-order valence-electron chi connectivity index (χ1n) is 4.77. The zero-order valence-corrected chi connectivity index (χ0v) is 7.10. The molecule has 0 bridgehead atoms. The summed E-state index contributed by atoms with van der Waals surface area (Å²) >= 11 is 0. The van der Waals surface area contributed by atoms with Crippen LogP contribution >= 0.6 is 0 Å². The Morgan fingerprint density at radius 1 is 1.20 bits per heavy atom. The van der Waals surface area contributed by atoms with E-state index in [4.69, 9.17) is 0 Å². The molecule has 1 atom stereocenters. The van der Waals surface area contributed by atoms with Gasteiger partial charge in [0.15, 0.2) is 0 Å². The lowest BCUT2D eigenvalue weighted by molar-refractivity contribution is 0.445. The maximum absolute atomic E-state index is 2.54. The summed E-state index contributed by atoms with van der Waals surface area (Å²) < 4.78 is 0. The van der Waals surface area contributed by atoms with Crippen molar-refractivity contribution in [3.63, 3.8) is 0 Å². The molecule has 1 unspecified atom stereocenters. The Hall–Kier alpha value is 0. The fraction of sp³-hybridized carbons (Fsp3) is 0.900. The molecule has 1 rings (SSSR count). The van der Waals surface area contributed by atoms with E-state index in [-0.39, 0.29) is 0 Å². The van der Waals surface area contributed by atoms with Gasteiger partial charge in [0.05, 0.1) is 0 Å². The smallest absolute Gasteiger partial charge is 0.0355 e. The molecule has 0 heterocycles. The van der Waals surface area contributed by atoms with Crippen molar-refractivity contribution < 1.29 is 0 Å². The topological polar surface area (TPSA) is 0 Å². The van der Waals surface area contributed by atoms with Gasteiger partial charge in [-0.3, -0.25) is 0 Å². The van der Waals surface area contributed by atoms with E-state index in [0.29, 0.717) is 0 Å². The van der Waals surface area contributed by atoms with Crippen molar-refractivity contribution in [3.05, 3.63) is 6.42 Å². The SMILES string of the molecule is CCC1[CH]CCCCCC1. The molecule has 10 heavy (non-hydrogen) atoms. The van der Waals surface area contributed by atoms with Gasteiger partial charge < -0.3 is 0 Å². The molecule has 0 aromatic rings. The molecule has 1 radical (unpaired) electrons. The molecule has 0 spiro atoms. The standard InChI is InChI=1S/C10H19/c1-2-10-8-6-4-3-5-7-9-10/h8,10H,2-7,9H2,1H3. The molecule has 1 fully saturated rings. The summed E-state index contributed by atoms with van der Waals surface area (Å²) in [6.07, 6.45) is 12.6. The van der Waals surface area contributed by atoms with Crippen LogP contribution < -0.4 is 0 Å². The van der Waals surface area contributed by atoms with Gasteiger partial charge in [0, 0.05) is 0 Å². The summed E-state index contributed by atoms with van der Waals surface area (Å²) in [5, 5.41) is 0. The van der Waals surface area contributed by atoms with Gasteiger partial charge in [-0.25, -0.2) is 0 Å². The summed E-state index contributed by atoms with van der Waals surface area (Å²) in [6, 6.07) is 0. The summed E-state index contributed by atoms with van der Waals surface area (Å²) in [5.41, 5.74) is 0. The van der Waals surface area contributed by atoms with Crippen LogP contribution in [-0.4, -0.2) is 0 Å². The monoisotopic (exact) mass is 139 g/mol. The van der Waals surface area contributed by atoms with E-state index >= 15 is 0 Å². The maximum atomic E-state index is 2.54. The van der Waals surface area contributed by atoms with Gasteiger partial charge in [0.2, 0.25) is 0 Å². The molecule has 0 saturated heterocycles. The fourth-order valence-corrected chi connectivity index (χ4v) is 1.75. The van der Waals surface area contributed by atoms with Gasteiger partial charge in [-0.1, -0.05) is 45.4 Å². The third-order valence-corrected chi connectivity index (χ3v) is 2.55. The zero-order chi connectivity index (χ0) is 7.23. The number of rotatable bonds is 1. The molecule has 0 aliphatic heterocycles. The summed E-state index contributed by atoms with van der Waals surface area (Å²) in [7, 11) is 0. The van der Waals surface area contributed by atoms with Crippen LogP contribution in [0.3, 0.4) is 0 Å². The minimum absolute atomic E-state index is 0.945. The summed E-state index contributed by atoms with van der Waals surface area (Å²) in [4.78, 5) is 0. The number of hydrogen-bond donors (Lipinski definition) is 0. The third-order valence-electron chi connectivity index (χ3n) is 2.55. The van der Waals surface area contributed by atoms with E-state index in [1.54, 1.807) is 0 Å². The van der Waals surface area contributed by atoms with Crippen LogP contribution in [0.2, 0.25) is 0 Å². The first kappa shape index (κ1) is 8.10. The van der Waals surface area contributed by atoms with Crippen molar-refractivity contribution >= 4 is 0 Å². The minimum Gasteiger partial charge on any atom is -0.0651 e. The normalized spacial score (nSPS) is 23.7. The Balaban J connectivity index is 2.16. The van der Waals surface area contributed by atoms with E-state index in [9.17, 15) is 0 Å². The average Bonchev–Trinajstić information content (AvgIpc) is 1.87. The van der Waals surface area contributed by atoms with Crippen molar-refractivity contribution in [2.24, 2.45) is 5.92 Å². The van der Waals surface area contributed by atoms with Gasteiger partial charge in [-0.15, -0.1) is 0 Å². The molecule has 0 aromatic carbocycles. The number of hydrogen-bond acceptors (Lipinski definition) is 0. The van der Waals surface area contributed by atoms with Crippen molar-refractivity contribution in [1.29, 1.82) is 0 Å². The highest BCUT2D eigenvalue weighted by molar-refractivity contribution is 4.76. The zero-order valence-electron chi connectivity index (χ0n) is 7.10. The van der Waals surface area contributed by atoms with Crippen molar-refractivity contribution in [3.8, 4) is 0 Å². The van der Waals surface area contributed by atoms with E-state index in [1.165, 1.54) is 44.9 Å². The van der Waals surface area contributed by atoms with Crippen LogP contribution in [0, 0.1) is 12.3 Å². The minimum atomic E-state index is 0.945. The van der Waals surface area contributed by atoms with Crippen molar-refractivity contribution in [2.45, 2.75) is 51.9 Å². The second kappa shape index (κ2) is 4.76. The molecule has 1 saturated carbocycles. The molecule has 0 N–H and O–H groups in total. The van der Waals surface area contributed by atoms with E-state index in [0.717, 1.165) is 5.92 Å². The van der Waals surface area contributed by atoms with Crippen LogP contribution in [0.25, 0.3) is 0 Å². The molecular formula is C10H19. The lowest BCUT2D eigenvalue weighted by Crippen LogP contribution is -2.02. The highest BCUT2D eigenvalue weighted by atomic mass is 14.1. The van der Waals surface area contributed by atoms with Gasteiger partial charge >= 0.3 is 0 Å².